The summed E-state index contributed by atoms with van der Waals surface area (Å²) in [6, 6.07) is 2.07. The zero-order valence-electron chi connectivity index (χ0n) is 9.95. The summed E-state index contributed by atoms with van der Waals surface area (Å²) in [7, 11) is -4.09. The predicted octanol–water partition coefficient (Wildman–Crippen LogP) is 2.64. The highest BCUT2D eigenvalue weighted by Gasteiger charge is 2.28. The highest BCUT2D eigenvalue weighted by Crippen LogP contribution is 2.23. The van der Waals surface area contributed by atoms with E-state index >= 15 is 0 Å². The molecule has 0 aliphatic heterocycles. The van der Waals surface area contributed by atoms with E-state index in [4.69, 9.17) is 5.11 Å². The number of alkyl halides is 3. The number of hydrogen-bond donors (Lipinski definition) is 1. The zero-order valence-corrected chi connectivity index (χ0v) is 10.8. The van der Waals surface area contributed by atoms with E-state index in [0.717, 1.165) is 6.07 Å². The second-order valence-electron chi connectivity index (χ2n) is 3.98. The van der Waals surface area contributed by atoms with Crippen molar-refractivity contribution < 1.29 is 35.9 Å². The fourth-order valence-corrected chi connectivity index (χ4v) is 2.78. The van der Waals surface area contributed by atoms with Gasteiger partial charge in [0, 0.05) is 6.42 Å². The number of rotatable bonds is 5. The third-order valence-corrected chi connectivity index (χ3v) is 4.20. The van der Waals surface area contributed by atoms with Crippen molar-refractivity contribution in [2.24, 2.45) is 0 Å². The number of hydrogen-bond acceptors (Lipinski definition) is 3. The molecule has 0 bridgehead atoms. The molecule has 1 rings (SSSR count). The number of benzene rings is 1. The summed E-state index contributed by atoms with van der Waals surface area (Å²) in [5, 5.41) is 8.65. The van der Waals surface area contributed by atoms with Crippen LogP contribution in [0, 0.1) is 5.82 Å². The van der Waals surface area contributed by atoms with E-state index in [1.807, 2.05) is 0 Å². The Kier molecular flexibility index (Phi) is 4.74. The van der Waals surface area contributed by atoms with Crippen LogP contribution < -0.4 is 0 Å². The first kappa shape index (κ1) is 16.4. The summed E-state index contributed by atoms with van der Waals surface area (Å²) in [4.78, 5) is 10.1. The second-order valence-corrected chi connectivity index (χ2v) is 6.09. The molecule has 0 unspecified atom stereocenters. The van der Waals surface area contributed by atoms with Crippen LogP contribution in [0.3, 0.4) is 0 Å². The lowest BCUT2D eigenvalue weighted by molar-refractivity contribution is -0.134. The molecule has 112 valence electrons. The minimum absolute atomic E-state index is 0.515. The standard InChI is InChI=1S/C11H10F4O4S/c12-9-3-2-7(6-8(9)10(16)17)20(18,19)5-1-4-11(13,14)15/h2-3,6H,1,4-5H2,(H,16,17). The monoisotopic (exact) mass is 314 g/mol. The number of carbonyl (C=O) groups is 1. The van der Waals surface area contributed by atoms with Gasteiger partial charge in [0.2, 0.25) is 0 Å². The second kappa shape index (κ2) is 5.78. The molecule has 1 N–H and O–H groups in total. The van der Waals surface area contributed by atoms with E-state index in [0.29, 0.717) is 12.1 Å². The Hall–Kier alpha value is -1.64. The van der Waals surface area contributed by atoms with Crippen molar-refractivity contribution >= 4 is 15.8 Å². The maximum absolute atomic E-state index is 13.1. The van der Waals surface area contributed by atoms with Crippen LogP contribution in [0.15, 0.2) is 23.1 Å². The van der Waals surface area contributed by atoms with Gasteiger partial charge < -0.3 is 5.11 Å². The summed E-state index contributed by atoms with van der Waals surface area (Å²) in [6.45, 7) is 0. The van der Waals surface area contributed by atoms with Crippen LogP contribution in [0.5, 0.6) is 0 Å². The van der Waals surface area contributed by atoms with E-state index in [2.05, 4.69) is 0 Å². The molecule has 0 radical (unpaired) electrons. The fourth-order valence-electron chi connectivity index (χ4n) is 1.44. The summed E-state index contributed by atoms with van der Waals surface area (Å²) in [6.07, 6.45) is -6.38. The SMILES string of the molecule is O=C(O)c1cc(S(=O)(=O)CCCC(F)(F)F)ccc1F. The van der Waals surface area contributed by atoms with Gasteiger partial charge in [-0.15, -0.1) is 0 Å². The van der Waals surface area contributed by atoms with E-state index in [-0.39, 0.29) is 0 Å². The number of sulfone groups is 1. The van der Waals surface area contributed by atoms with Crippen LogP contribution in [0.1, 0.15) is 23.2 Å². The molecule has 4 nitrogen and oxygen atoms in total. The maximum atomic E-state index is 13.1. The van der Waals surface area contributed by atoms with Crippen LogP contribution in [0.25, 0.3) is 0 Å². The summed E-state index contributed by atoms with van der Waals surface area (Å²) in [5.74, 6) is -3.57. The average Bonchev–Trinajstić information content (AvgIpc) is 2.26. The first-order valence-electron chi connectivity index (χ1n) is 5.35. The van der Waals surface area contributed by atoms with Gasteiger partial charge in [-0.2, -0.15) is 13.2 Å². The van der Waals surface area contributed by atoms with Gasteiger partial charge in [0.1, 0.15) is 5.82 Å². The van der Waals surface area contributed by atoms with Crippen LogP contribution in [0.2, 0.25) is 0 Å². The van der Waals surface area contributed by atoms with Crippen molar-refractivity contribution in [3.8, 4) is 0 Å². The van der Waals surface area contributed by atoms with Gasteiger partial charge >= 0.3 is 12.1 Å². The van der Waals surface area contributed by atoms with Crippen LogP contribution in [-0.4, -0.2) is 31.4 Å². The van der Waals surface area contributed by atoms with Crippen LogP contribution in [-0.2, 0) is 9.84 Å². The molecule has 0 saturated heterocycles. The molecule has 20 heavy (non-hydrogen) atoms. The Morgan fingerprint density at radius 2 is 1.85 bits per heavy atom. The molecular weight excluding hydrogens is 304 g/mol. The van der Waals surface area contributed by atoms with Crippen LogP contribution >= 0.6 is 0 Å². The fraction of sp³-hybridized carbons (Fsp3) is 0.364. The third-order valence-electron chi connectivity index (χ3n) is 2.40. The third kappa shape index (κ3) is 4.48. The molecule has 0 amide bonds. The molecule has 0 spiro atoms. The minimum atomic E-state index is -4.47. The Balaban J connectivity index is 2.93. The smallest absolute Gasteiger partial charge is 0.389 e. The molecule has 0 atom stereocenters. The molecule has 1 aromatic rings. The predicted molar refractivity (Wildman–Crippen MR) is 60.7 cm³/mol. The Bertz CT molecular complexity index is 607. The summed E-state index contributed by atoms with van der Waals surface area (Å²) < 4.78 is 72.3. The van der Waals surface area contributed by atoms with Gasteiger partial charge in [-0.1, -0.05) is 0 Å². The molecule has 0 heterocycles. The molecular formula is C11H10F4O4S. The Morgan fingerprint density at radius 1 is 1.25 bits per heavy atom. The summed E-state index contributed by atoms with van der Waals surface area (Å²) >= 11 is 0. The molecule has 1 aromatic carbocycles. The molecule has 0 aromatic heterocycles. The lowest BCUT2D eigenvalue weighted by Crippen LogP contribution is -2.13. The van der Waals surface area contributed by atoms with Gasteiger partial charge in [-0.3, -0.25) is 0 Å². The molecule has 9 heteroatoms. The Morgan fingerprint density at radius 3 is 2.35 bits per heavy atom. The maximum Gasteiger partial charge on any atom is 0.389 e. The van der Waals surface area contributed by atoms with E-state index in [1.165, 1.54) is 0 Å². The zero-order chi connectivity index (χ0) is 15.6. The number of carboxylic acids is 1. The Labute approximate surface area is 111 Å². The van der Waals surface area contributed by atoms with Crippen LogP contribution in [0.4, 0.5) is 17.6 Å². The van der Waals surface area contributed by atoms with E-state index in [1.54, 1.807) is 0 Å². The number of halogens is 4. The van der Waals surface area contributed by atoms with E-state index < -0.39 is 56.9 Å². The van der Waals surface area contributed by atoms with Gasteiger partial charge in [0.15, 0.2) is 9.84 Å². The van der Waals surface area contributed by atoms with Crippen molar-refractivity contribution in [3.05, 3.63) is 29.6 Å². The minimum Gasteiger partial charge on any atom is -0.478 e. The van der Waals surface area contributed by atoms with Gasteiger partial charge in [0.05, 0.1) is 16.2 Å². The van der Waals surface area contributed by atoms with E-state index in [9.17, 15) is 30.8 Å². The molecule has 0 aliphatic rings. The number of carboxylic acid groups (broad SMARTS) is 1. The van der Waals surface area contributed by atoms with Crippen molar-refractivity contribution in [1.82, 2.24) is 0 Å². The highest BCUT2D eigenvalue weighted by molar-refractivity contribution is 7.91. The van der Waals surface area contributed by atoms with Crippen molar-refractivity contribution in [2.75, 3.05) is 5.75 Å². The lowest BCUT2D eigenvalue weighted by atomic mass is 10.2. The highest BCUT2D eigenvalue weighted by atomic mass is 32.2. The van der Waals surface area contributed by atoms with Crippen molar-refractivity contribution in [1.29, 1.82) is 0 Å². The largest absolute Gasteiger partial charge is 0.478 e. The normalized spacial score (nSPS) is 12.4. The molecule has 0 aliphatic carbocycles. The quantitative estimate of drug-likeness (QED) is 0.670. The molecule has 0 saturated carbocycles. The first-order chi connectivity index (χ1) is 9.03. The summed E-state index contributed by atoms with van der Waals surface area (Å²) in [5.41, 5.74) is -0.845. The van der Waals surface area contributed by atoms with Crippen molar-refractivity contribution in [3.63, 3.8) is 0 Å². The van der Waals surface area contributed by atoms with Crippen molar-refractivity contribution in [2.45, 2.75) is 23.9 Å². The first-order valence-corrected chi connectivity index (χ1v) is 7.00. The molecule has 0 fully saturated rings. The lowest BCUT2D eigenvalue weighted by Gasteiger charge is -2.08. The van der Waals surface area contributed by atoms with Gasteiger partial charge in [0.25, 0.3) is 0 Å². The number of aromatic carboxylic acids is 1. The van der Waals surface area contributed by atoms with Gasteiger partial charge in [-0.25, -0.2) is 17.6 Å². The topological polar surface area (TPSA) is 71.4 Å². The van der Waals surface area contributed by atoms with Gasteiger partial charge in [-0.05, 0) is 24.6 Å². The average molecular weight is 314 g/mol.